The van der Waals surface area contributed by atoms with Crippen molar-refractivity contribution in [2.45, 2.75) is 26.1 Å². The zero-order valence-electron chi connectivity index (χ0n) is 17.5. The van der Waals surface area contributed by atoms with E-state index in [-0.39, 0.29) is 29.5 Å². The van der Waals surface area contributed by atoms with Gasteiger partial charge in [0.1, 0.15) is 5.69 Å². The molecule has 0 bridgehead atoms. The van der Waals surface area contributed by atoms with Crippen LogP contribution in [0.25, 0.3) is 0 Å². The highest BCUT2D eigenvalue weighted by atomic mass is 19.4. The summed E-state index contributed by atoms with van der Waals surface area (Å²) in [5, 5.41) is 16.1. The lowest BCUT2D eigenvalue weighted by Gasteiger charge is -2.32. The number of nitriles is 1. The normalized spacial score (nSPS) is 15.7. The van der Waals surface area contributed by atoms with Crippen LogP contribution in [0.15, 0.2) is 42.7 Å². The molecule has 1 aromatic carbocycles. The number of pyridine rings is 1. The monoisotopic (exact) mass is 454 g/mol. The summed E-state index contributed by atoms with van der Waals surface area (Å²) in [5.41, 5.74) is -0.332. The highest BCUT2D eigenvalue weighted by Gasteiger charge is 2.37. The first-order valence-corrected chi connectivity index (χ1v) is 9.85. The Bertz CT molecular complexity index is 1310. The summed E-state index contributed by atoms with van der Waals surface area (Å²) in [6, 6.07) is 7.38. The third-order valence-corrected chi connectivity index (χ3v) is 5.25. The van der Waals surface area contributed by atoms with Crippen molar-refractivity contribution in [1.82, 2.24) is 14.8 Å². The van der Waals surface area contributed by atoms with Crippen molar-refractivity contribution < 1.29 is 22.8 Å². The van der Waals surface area contributed by atoms with E-state index in [9.17, 15) is 28.0 Å². The lowest BCUT2D eigenvalue weighted by molar-refractivity contribution is -0.137. The molecule has 8 nitrogen and oxygen atoms in total. The second-order valence-corrected chi connectivity index (χ2v) is 7.60. The lowest BCUT2D eigenvalue weighted by Crippen LogP contribution is -2.43. The van der Waals surface area contributed by atoms with Crippen LogP contribution in [0.2, 0.25) is 0 Å². The average molecular weight is 454 g/mol. The van der Waals surface area contributed by atoms with Gasteiger partial charge in [0.25, 0.3) is 11.8 Å². The van der Waals surface area contributed by atoms with E-state index >= 15 is 0 Å². The number of aromatic nitrogens is 3. The number of hydrogen-bond donors (Lipinski definition) is 1. The molecule has 1 aliphatic heterocycles. The second-order valence-electron chi connectivity index (χ2n) is 7.60. The predicted molar refractivity (Wildman–Crippen MR) is 112 cm³/mol. The first kappa shape index (κ1) is 22.0. The summed E-state index contributed by atoms with van der Waals surface area (Å²) in [5.74, 6) is -1.17. The number of rotatable bonds is 3. The Kier molecular flexibility index (Phi) is 5.37. The zero-order valence-corrected chi connectivity index (χ0v) is 17.5. The fraction of sp³-hybridized carbons (Fsp3) is 0.227. The van der Waals surface area contributed by atoms with Crippen molar-refractivity contribution in [2.75, 3.05) is 16.8 Å². The molecule has 0 saturated carbocycles. The highest BCUT2D eigenvalue weighted by Crippen LogP contribution is 2.35. The highest BCUT2D eigenvalue weighted by molar-refractivity contribution is 6.15. The number of nitrogens with one attached hydrogen (secondary N) is 1. The number of alkyl halides is 3. The number of nitrogens with zero attached hydrogens (tertiary/aromatic N) is 5. The number of benzene rings is 1. The lowest BCUT2D eigenvalue weighted by atomic mass is 10.0. The van der Waals surface area contributed by atoms with Gasteiger partial charge in [0, 0.05) is 29.8 Å². The van der Waals surface area contributed by atoms with E-state index in [0.29, 0.717) is 11.4 Å². The third-order valence-electron chi connectivity index (χ3n) is 5.25. The summed E-state index contributed by atoms with van der Waals surface area (Å²) in [4.78, 5) is 31.5. The van der Waals surface area contributed by atoms with Crippen LogP contribution in [0.1, 0.15) is 50.6 Å². The Labute approximate surface area is 186 Å². The van der Waals surface area contributed by atoms with Crippen molar-refractivity contribution in [3.8, 4) is 6.07 Å². The molecule has 1 atom stereocenters. The summed E-state index contributed by atoms with van der Waals surface area (Å²) >= 11 is 0. The Morgan fingerprint density at radius 3 is 2.70 bits per heavy atom. The van der Waals surface area contributed by atoms with E-state index in [2.05, 4.69) is 15.4 Å². The van der Waals surface area contributed by atoms with Crippen LogP contribution in [0.5, 0.6) is 0 Å². The second kappa shape index (κ2) is 8.05. The van der Waals surface area contributed by atoms with Crippen LogP contribution in [0.3, 0.4) is 0 Å². The van der Waals surface area contributed by atoms with Gasteiger partial charge in [-0.25, -0.2) is 0 Å². The quantitative estimate of drug-likeness (QED) is 0.645. The van der Waals surface area contributed by atoms with E-state index in [0.717, 1.165) is 18.2 Å². The van der Waals surface area contributed by atoms with Crippen LogP contribution in [-0.2, 0) is 6.18 Å². The van der Waals surface area contributed by atoms with Gasteiger partial charge in [-0.2, -0.15) is 23.5 Å². The minimum Gasteiger partial charge on any atom is -0.322 e. The van der Waals surface area contributed by atoms with Crippen LogP contribution in [0.4, 0.5) is 24.5 Å². The van der Waals surface area contributed by atoms with Gasteiger partial charge in [0.2, 0.25) is 0 Å². The van der Waals surface area contributed by atoms with E-state index in [1.807, 2.05) is 0 Å². The van der Waals surface area contributed by atoms with E-state index in [1.54, 1.807) is 26.0 Å². The number of carbonyl (C=O) groups excluding carboxylic acids is 2. The average Bonchev–Trinajstić information content (AvgIpc) is 3.21. The van der Waals surface area contributed by atoms with Gasteiger partial charge in [0.15, 0.2) is 0 Å². The molecular formula is C22H17F3N6O2. The SMILES string of the molecule is Cc1cc(NC(=O)c2cnn3c2C(=O)N(c2ccc(C(F)(F)F)c(C#N)c2)C[C@@H]3C)ccn1. The topological polar surface area (TPSA) is 104 Å². The van der Waals surface area contributed by atoms with E-state index < -0.39 is 29.1 Å². The maximum absolute atomic E-state index is 13.3. The molecule has 1 aliphatic rings. The number of halogens is 3. The molecule has 0 aliphatic carbocycles. The number of carbonyl (C=O) groups is 2. The largest absolute Gasteiger partial charge is 0.417 e. The van der Waals surface area contributed by atoms with Crippen LogP contribution in [-0.4, -0.2) is 33.1 Å². The Balaban J connectivity index is 1.70. The summed E-state index contributed by atoms with van der Waals surface area (Å²) < 4.78 is 40.9. The maximum atomic E-state index is 13.3. The van der Waals surface area contributed by atoms with Crippen molar-refractivity contribution in [1.29, 1.82) is 5.26 Å². The molecule has 0 fully saturated rings. The van der Waals surface area contributed by atoms with Crippen LogP contribution < -0.4 is 10.2 Å². The molecular weight excluding hydrogens is 437 g/mol. The van der Waals surface area contributed by atoms with Crippen molar-refractivity contribution in [2.24, 2.45) is 0 Å². The zero-order chi connectivity index (χ0) is 23.9. The number of amides is 2. The van der Waals surface area contributed by atoms with Crippen LogP contribution in [0, 0.1) is 18.3 Å². The van der Waals surface area contributed by atoms with Gasteiger partial charge < -0.3 is 10.2 Å². The Morgan fingerprint density at radius 1 is 1.27 bits per heavy atom. The predicted octanol–water partition coefficient (Wildman–Crippen LogP) is 3.95. The fourth-order valence-corrected chi connectivity index (χ4v) is 3.71. The van der Waals surface area contributed by atoms with Crippen molar-refractivity contribution >= 4 is 23.2 Å². The van der Waals surface area contributed by atoms with Crippen molar-refractivity contribution in [3.05, 3.63) is 70.8 Å². The molecule has 0 saturated heterocycles. The molecule has 0 radical (unpaired) electrons. The van der Waals surface area contributed by atoms with Gasteiger partial charge in [-0.05, 0) is 44.2 Å². The number of hydrogen-bond acceptors (Lipinski definition) is 5. The van der Waals surface area contributed by atoms with Gasteiger partial charge in [-0.15, -0.1) is 0 Å². The first-order valence-electron chi connectivity index (χ1n) is 9.85. The number of aryl methyl sites for hydroxylation is 1. The van der Waals surface area contributed by atoms with Crippen LogP contribution >= 0.6 is 0 Å². The minimum absolute atomic E-state index is 0.00966. The molecule has 3 heterocycles. The molecule has 168 valence electrons. The first-order chi connectivity index (χ1) is 15.6. The molecule has 2 amide bonds. The Hall–Kier alpha value is -4.20. The molecule has 2 aromatic heterocycles. The molecule has 3 aromatic rings. The van der Waals surface area contributed by atoms with Gasteiger partial charge in [-0.1, -0.05) is 0 Å². The molecule has 33 heavy (non-hydrogen) atoms. The smallest absolute Gasteiger partial charge is 0.322 e. The van der Waals surface area contributed by atoms with Crippen molar-refractivity contribution in [3.63, 3.8) is 0 Å². The standard InChI is InChI=1S/C22H17F3N6O2/c1-12-7-15(5-6-27-12)29-20(32)17-10-28-31-13(2)11-30(21(33)19(17)31)16-3-4-18(22(23,24)25)14(8-16)9-26/h3-8,10,13H,11H2,1-2H3,(H,27,29,32)/t13-/m0/s1. The van der Waals surface area contributed by atoms with Gasteiger partial charge in [-0.3, -0.25) is 19.3 Å². The van der Waals surface area contributed by atoms with E-state index in [4.69, 9.17) is 0 Å². The summed E-state index contributed by atoms with van der Waals surface area (Å²) in [7, 11) is 0. The maximum Gasteiger partial charge on any atom is 0.417 e. The minimum atomic E-state index is -4.70. The fourth-order valence-electron chi connectivity index (χ4n) is 3.71. The van der Waals surface area contributed by atoms with E-state index in [1.165, 1.54) is 28.0 Å². The Morgan fingerprint density at radius 2 is 2.03 bits per heavy atom. The molecule has 0 spiro atoms. The molecule has 1 N–H and O–H groups in total. The molecule has 11 heteroatoms. The molecule has 4 rings (SSSR count). The third kappa shape index (κ3) is 4.03. The van der Waals surface area contributed by atoms with Gasteiger partial charge in [0.05, 0.1) is 35.0 Å². The number of fused-ring (bicyclic) bond motifs is 1. The summed E-state index contributed by atoms with van der Waals surface area (Å²) in [6.07, 6.45) is -1.88. The van der Waals surface area contributed by atoms with Gasteiger partial charge >= 0.3 is 6.18 Å². The molecule has 0 unspecified atom stereocenters. The summed E-state index contributed by atoms with van der Waals surface area (Å²) in [6.45, 7) is 3.63. The number of anilines is 2.